The molecule has 2 aromatic carbocycles. The van der Waals surface area contributed by atoms with Crippen LogP contribution in [0.15, 0.2) is 53.4 Å². The fourth-order valence-corrected chi connectivity index (χ4v) is 4.53. The molecular weight excluding hydrogens is 425 g/mol. The Balaban J connectivity index is 1.55. The Morgan fingerprint density at radius 1 is 1.00 bits per heavy atom. The Bertz CT molecular complexity index is 1020. The van der Waals surface area contributed by atoms with Crippen molar-refractivity contribution in [2.75, 3.05) is 39.4 Å². The normalized spacial score (nSPS) is 14.7. The molecule has 0 atom stereocenters. The highest BCUT2D eigenvalue weighted by molar-refractivity contribution is 7.89. The Morgan fingerprint density at radius 2 is 1.68 bits per heavy atom. The maximum absolute atomic E-state index is 14.2. The number of hydrogen-bond donors (Lipinski definition) is 2. The minimum atomic E-state index is -3.85. The molecule has 2 amide bonds. The van der Waals surface area contributed by atoms with Crippen LogP contribution in [0.5, 0.6) is 0 Å². The molecule has 2 N–H and O–H groups in total. The molecule has 0 radical (unpaired) electrons. The van der Waals surface area contributed by atoms with Crippen LogP contribution >= 0.6 is 0 Å². The van der Waals surface area contributed by atoms with Crippen molar-refractivity contribution in [2.45, 2.75) is 11.3 Å². The van der Waals surface area contributed by atoms with E-state index in [1.54, 1.807) is 0 Å². The number of ether oxygens (including phenoxy) is 1. The molecule has 2 aromatic rings. The fraction of sp³-hybridized carbons (Fsp3) is 0.333. The summed E-state index contributed by atoms with van der Waals surface area (Å²) in [6.45, 7) is 1.19. The van der Waals surface area contributed by atoms with Crippen molar-refractivity contribution in [3.8, 4) is 0 Å². The molecule has 1 fully saturated rings. The standard InChI is InChI=1S/C21H24FN3O5S/c22-19-7-6-17(31(28,29)25-10-12-30-13-11-25)15-18(19)21(27)24-9-8-23-20(26)14-16-4-2-1-3-5-16/h1-7,15H,8-14H2,(H,23,26)(H,24,27). The van der Waals surface area contributed by atoms with Crippen LogP contribution < -0.4 is 10.6 Å². The number of sulfonamides is 1. The minimum absolute atomic E-state index is 0.0687. The number of benzene rings is 2. The van der Waals surface area contributed by atoms with Gasteiger partial charge in [-0.1, -0.05) is 30.3 Å². The van der Waals surface area contributed by atoms with E-state index in [2.05, 4.69) is 10.6 Å². The first kappa shape index (κ1) is 22.9. The first-order valence-electron chi connectivity index (χ1n) is 9.84. The molecule has 1 saturated heterocycles. The zero-order valence-corrected chi connectivity index (χ0v) is 17.7. The number of morpholine rings is 1. The number of rotatable bonds is 8. The number of halogens is 1. The summed E-state index contributed by atoms with van der Waals surface area (Å²) < 4.78 is 46.0. The first-order valence-corrected chi connectivity index (χ1v) is 11.3. The van der Waals surface area contributed by atoms with E-state index >= 15 is 0 Å². The molecule has 1 heterocycles. The van der Waals surface area contributed by atoms with Gasteiger partial charge in [0.2, 0.25) is 15.9 Å². The lowest BCUT2D eigenvalue weighted by Gasteiger charge is -2.26. The number of nitrogens with zero attached hydrogens (tertiary/aromatic N) is 1. The Hall–Kier alpha value is -2.82. The lowest BCUT2D eigenvalue weighted by Crippen LogP contribution is -2.40. The zero-order valence-electron chi connectivity index (χ0n) is 16.8. The van der Waals surface area contributed by atoms with E-state index < -0.39 is 21.7 Å². The Labute approximate surface area is 180 Å². The van der Waals surface area contributed by atoms with Gasteiger partial charge in [-0.15, -0.1) is 0 Å². The molecule has 31 heavy (non-hydrogen) atoms. The summed E-state index contributed by atoms with van der Waals surface area (Å²) in [7, 11) is -3.85. The van der Waals surface area contributed by atoms with Crippen molar-refractivity contribution < 1.29 is 27.1 Å². The molecular formula is C21H24FN3O5S. The number of carbonyl (C=O) groups is 2. The van der Waals surface area contributed by atoms with E-state index in [1.807, 2.05) is 30.3 Å². The van der Waals surface area contributed by atoms with Crippen LogP contribution in [0.3, 0.4) is 0 Å². The molecule has 166 valence electrons. The topological polar surface area (TPSA) is 105 Å². The maximum atomic E-state index is 14.2. The highest BCUT2D eigenvalue weighted by atomic mass is 32.2. The summed E-state index contributed by atoms with van der Waals surface area (Å²) in [4.78, 5) is 24.1. The van der Waals surface area contributed by atoms with Gasteiger partial charge >= 0.3 is 0 Å². The molecule has 1 aliphatic heterocycles. The van der Waals surface area contributed by atoms with Crippen LogP contribution in [-0.4, -0.2) is 63.9 Å². The quantitative estimate of drug-likeness (QED) is 0.584. The van der Waals surface area contributed by atoms with Crippen molar-refractivity contribution in [3.63, 3.8) is 0 Å². The van der Waals surface area contributed by atoms with Crippen molar-refractivity contribution in [3.05, 3.63) is 65.5 Å². The largest absolute Gasteiger partial charge is 0.379 e. The van der Waals surface area contributed by atoms with Gasteiger partial charge in [0.1, 0.15) is 5.82 Å². The molecule has 0 spiro atoms. The second kappa shape index (κ2) is 10.5. The van der Waals surface area contributed by atoms with E-state index in [1.165, 1.54) is 4.31 Å². The fourth-order valence-electron chi connectivity index (χ4n) is 3.09. The van der Waals surface area contributed by atoms with E-state index in [-0.39, 0.29) is 62.2 Å². The van der Waals surface area contributed by atoms with Gasteiger partial charge in [0, 0.05) is 26.2 Å². The summed E-state index contributed by atoms with van der Waals surface area (Å²) in [5, 5.41) is 5.16. The number of nitrogens with one attached hydrogen (secondary N) is 2. The summed E-state index contributed by atoms with van der Waals surface area (Å²) >= 11 is 0. The maximum Gasteiger partial charge on any atom is 0.254 e. The zero-order chi connectivity index (χ0) is 22.3. The summed E-state index contributed by atoms with van der Waals surface area (Å²) in [6, 6.07) is 12.3. The van der Waals surface area contributed by atoms with Crippen LogP contribution in [0.1, 0.15) is 15.9 Å². The monoisotopic (exact) mass is 449 g/mol. The van der Waals surface area contributed by atoms with E-state index in [0.717, 1.165) is 23.8 Å². The van der Waals surface area contributed by atoms with Gasteiger partial charge in [-0.2, -0.15) is 4.31 Å². The van der Waals surface area contributed by atoms with Crippen LogP contribution in [0.4, 0.5) is 4.39 Å². The minimum Gasteiger partial charge on any atom is -0.379 e. The summed E-state index contributed by atoms with van der Waals surface area (Å²) in [5.74, 6) is -1.79. The van der Waals surface area contributed by atoms with Crippen LogP contribution in [0, 0.1) is 5.82 Å². The number of amides is 2. The summed E-state index contributed by atoms with van der Waals surface area (Å²) in [5.41, 5.74) is 0.495. The van der Waals surface area contributed by atoms with Crippen LogP contribution in [-0.2, 0) is 26.0 Å². The van der Waals surface area contributed by atoms with E-state index in [0.29, 0.717) is 0 Å². The first-order chi connectivity index (χ1) is 14.9. The lowest BCUT2D eigenvalue weighted by molar-refractivity contribution is -0.120. The van der Waals surface area contributed by atoms with Crippen molar-refractivity contribution in [1.29, 1.82) is 0 Å². The Kier molecular flexibility index (Phi) is 7.72. The molecule has 0 bridgehead atoms. The molecule has 0 aliphatic carbocycles. The van der Waals surface area contributed by atoms with Crippen molar-refractivity contribution >= 4 is 21.8 Å². The van der Waals surface area contributed by atoms with Crippen molar-refractivity contribution in [2.24, 2.45) is 0 Å². The predicted molar refractivity (Wildman–Crippen MR) is 111 cm³/mol. The molecule has 3 rings (SSSR count). The predicted octanol–water partition coefficient (Wildman–Crippen LogP) is 0.935. The van der Waals surface area contributed by atoms with Gasteiger partial charge in [-0.05, 0) is 23.8 Å². The molecule has 0 unspecified atom stereocenters. The van der Waals surface area contributed by atoms with Gasteiger partial charge in [0.05, 0.1) is 30.1 Å². The van der Waals surface area contributed by atoms with Gasteiger partial charge in [-0.25, -0.2) is 12.8 Å². The molecule has 8 nitrogen and oxygen atoms in total. The molecule has 1 aliphatic rings. The van der Waals surface area contributed by atoms with Gasteiger partial charge in [0.25, 0.3) is 5.91 Å². The molecule has 0 aromatic heterocycles. The van der Waals surface area contributed by atoms with Gasteiger partial charge in [-0.3, -0.25) is 9.59 Å². The number of carbonyl (C=O) groups excluding carboxylic acids is 2. The van der Waals surface area contributed by atoms with Crippen LogP contribution in [0.25, 0.3) is 0 Å². The van der Waals surface area contributed by atoms with Crippen molar-refractivity contribution in [1.82, 2.24) is 14.9 Å². The third kappa shape index (κ3) is 6.09. The molecule has 0 saturated carbocycles. The smallest absolute Gasteiger partial charge is 0.254 e. The summed E-state index contributed by atoms with van der Waals surface area (Å²) in [6.07, 6.45) is 0.213. The number of hydrogen-bond acceptors (Lipinski definition) is 5. The highest BCUT2D eigenvalue weighted by Gasteiger charge is 2.27. The van der Waals surface area contributed by atoms with Gasteiger partial charge in [0.15, 0.2) is 0 Å². The third-order valence-electron chi connectivity index (χ3n) is 4.73. The average Bonchev–Trinajstić information content (AvgIpc) is 2.78. The van der Waals surface area contributed by atoms with Gasteiger partial charge < -0.3 is 15.4 Å². The Morgan fingerprint density at radius 3 is 2.39 bits per heavy atom. The van der Waals surface area contributed by atoms with Crippen LogP contribution in [0.2, 0.25) is 0 Å². The highest BCUT2D eigenvalue weighted by Crippen LogP contribution is 2.20. The third-order valence-corrected chi connectivity index (χ3v) is 6.63. The molecule has 10 heteroatoms. The average molecular weight is 450 g/mol. The van der Waals surface area contributed by atoms with E-state index in [9.17, 15) is 22.4 Å². The second-order valence-corrected chi connectivity index (χ2v) is 8.86. The lowest BCUT2D eigenvalue weighted by atomic mass is 10.1. The SMILES string of the molecule is O=C(Cc1ccccc1)NCCNC(=O)c1cc(S(=O)(=O)N2CCOCC2)ccc1F. The second-order valence-electron chi connectivity index (χ2n) is 6.93. The van der Waals surface area contributed by atoms with E-state index in [4.69, 9.17) is 4.74 Å².